The number of aliphatic imine (C=N–C) groups is 1. The Kier molecular flexibility index (Phi) is 6.86. The maximum atomic E-state index is 13.7. The fourth-order valence-electron chi connectivity index (χ4n) is 5.91. The Bertz CT molecular complexity index is 1120. The van der Waals surface area contributed by atoms with Crippen LogP contribution < -0.4 is 0 Å². The minimum Gasteiger partial charge on any atom is -0.314 e. The maximum Gasteiger partial charge on any atom is 0.259 e. The Balaban J connectivity index is 1.07. The smallest absolute Gasteiger partial charge is 0.259 e. The van der Waals surface area contributed by atoms with Crippen molar-refractivity contribution in [3.05, 3.63) is 83.1 Å². The maximum absolute atomic E-state index is 13.7. The highest BCUT2D eigenvalue weighted by Crippen LogP contribution is 2.31. The molecule has 0 spiro atoms. The van der Waals surface area contributed by atoms with Gasteiger partial charge in [0.1, 0.15) is 0 Å². The first-order valence-electron chi connectivity index (χ1n) is 13.4. The van der Waals surface area contributed by atoms with Gasteiger partial charge < -0.3 is 4.90 Å². The lowest BCUT2D eigenvalue weighted by Crippen LogP contribution is -2.56. The largest absolute Gasteiger partial charge is 0.314 e. The van der Waals surface area contributed by atoms with Gasteiger partial charge in [0.2, 0.25) is 5.96 Å². The Morgan fingerprint density at radius 1 is 0.694 bits per heavy atom. The molecule has 1 fully saturated rings. The van der Waals surface area contributed by atoms with Crippen molar-refractivity contribution in [1.82, 2.24) is 24.5 Å². The number of amides is 1. The summed E-state index contributed by atoms with van der Waals surface area (Å²) in [6.07, 6.45) is 0.921. The van der Waals surface area contributed by atoms with Gasteiger partial charge in [-0.3, -0.25) is 29.4 Å². The number of benzene rings is 2. The van der Waals surface area contributed by atoms with Crippen molar-refractivity contribution >= 4 is 11.9 Å². The van der Waals surface area contributed by atoms with Gasteiger partial charge in [-0.2, -0.15) is 0 Å². The van der Waals surface area contributed by atoms with Crippen LogP contribution in [-0.2, 0) is 17.9 Å². The molecule has 0 aliphatic carbocycles. The highest BCUT2D eigenvalue weighted by atomic mass is 16.2. The van der Waals surface area contributed by atoms with Crippen LogP contribution in [0.3, 0.4) is 0 Å². The van der Waals surface area contributed by atoms with Crippen LogP contribution in [-0.4, -0.2) is 102 Å². The molecule has 6 rings (SSSR count). The summed E-state index contributed by atoms with van der Waals surface area (Å²) in [5, 5.41) is 0. The van der Waals surface area contributed by atoms with E-state index in [1.54, 1.807) is 0 Å². The summed E-state index contributed by atoms with van der Waals surface area (Å²) >= 11 is 0. The topological polar surface area (TPSA) is 45.6 Å². The number of carbonyl (C=O) groups is 1. The molecule has 7 nitrogen and oxygen atoms in total. The molecule has 4 aliphatic heterocycles. The van der Waals surface area contributed by atoms with Crippen LogP contribution in [0.4, 0.5) is 0 Å². The van der Waals surface area contributed by atoms with Gasteiger partial charge in [-0.05, 0) is 11.1 Å². The molecule has 0 bridgehead atoms. The van der Waals surface area contributed by atoms with Crippen molar-refractivity contribution in [2.45, 2.75) is 19.5 Å². The van der Waals surface area contributed by atoms with Crippen LogP contribution in [0, 0.1) is 0 Å². The second kappa shape index (κ2) is 10.5. The Morgan fingerprint density at radius 3 is 2.03 bits per heavy atom. The van der Waals surface area contributed by atoms with E-state index in [9.17, 15) is 4.79 Å². The number of piperazine rings is 1. The molecule has 4 aliphatic rings. The molecule has 1 saturated heterocycles. The summed E-state index contributed by atoms with van der Waals surface area (Å²) in [6.45, 7) is 11.1. The van der Waals surface area contributed by atoms with E-state index in [-0.39, 0.29) is 5.91 Å². The number of fused-ring (bicyclic) bond motifs is 2. The van der Waals surface area contributed by atoms with Crippen LogP contribution in [0.1, 0.15) is 17.5 Å². The molecule has 0 N–H and O–H groups in total. The van der Waals surface area contributed by atoms with E-state index in [4.69, 9.17) is 4.99 Å². The molecule has 1 amide bonds. The predicted molar refractivity (Wildman–Crippen MR) is 142 cm³/mol. The number of guanidine groups is 1. The van der Waals surface area contributed by atoms with Crippen molar-refractivity contribution in [2.75, 3.05) is 65.4 Å². The average molecular weight is 485 g/mol. The lowest BCUT2D eigenvalue weighted by Gasteiger charge is -2.43. The molecule has 0 radical (unpaired) electrons. The molecule has 4 heterocycles. The second-order valence-corrected chi connectivity index (χ2v) is 10.3. The van der Waals surface area contributed by atoms with Gasteiger partial charge in [0.15, 0.2) is 0 Å². The summed E-state index contributed by atoms with van der Waals surface area (Å²) in [6, 6.07) is 21.3. The molecular formula is C29H36N6O. The third-order valence-corrected chi connectivity index (χ3v) is 7.89. The third kappa shape index (κ3) is 4.96. The quantitative estimate of drug-likeness (QED) is 0.604. The zero-order valence-electron chi connectivity index (χ0n) is 21.1. The van der Waals surface area contributed by atoms with E-state index in [0.717, 1.165) is 89.9 Å². The van der Waals surface area contributed by atoms with Crippen LogP contribution in [0.25, 0.3) is 0 Å². The van der Waals surface area contributed by atoms with E-state index in [0.29, 0.717) is 6.54 Å². The molecule has 0 atom stereocenters. The Morgan fingerprint density at radius 2 is 1.33 bits per heavy atom. The van der Waals surface area contributed by atoms with Crippen LogP contribution >= 0.6 is 0 Å². The second-order valence-electron chi connectivity index (χ2n) is 10.3. The predicted octanol–water partition coefficient (Wildman–Crippen LogP) is 2.48. The SMILES string of the molecule is O=C1C2=C(CCN(Cc3ccccc3)C2)N2CCN=C2N1CCN1CCN(Cc2ccccc2)CC1. The Labute approximate surface area is 214 Å². The highest BCUT2D eigenvalue weighted by Gasteiger charge is 2.41. The number of carbonyl (C=O) groups excluding carboxylic acids is 1. The van der Waals surface area contributed by atoms with Crippen LogP contribution in [0.5, 0.6) is 0 Å². The van der Waals surface area contributed by atoms with Crippen molar-refractivity contribution in [1.29, 1.82) is 0 Å². The summed E-state index contributed by atoms with van der Waals surface area (Å²) in [5.74, 6) is 1.06. The summed E-state index contributed by atoms with van der Waals surface area (Å²) in [4.78, 5) is 30.2. The summed E-state index contributed by atoms with van der Waals surface area (Å²) in [5.41, 5.74) is 4.87. The molecule has 7 heteroatoms. The van der Waals surface area contributed by atoms with E-state index in [1.165, 1.54) is 16.8 Å². The lowest BCUT2D eigenvalue weighted by molar-refractivity contribution is -0.125. The van der Waals surface area contributed by atoms with Gasteiger partial charge in [0.25, 0.3) is 5.91 Å². The van der Waals surface area contributed by atoms with E-state index in [2.05, 4.69) is 80.3 Å². The third-order valence-electron chi connectivity index (χ3n) is 7.89. The van der Waals surface area contributed by atoms with Gasteiger partial charge in [0, 0.05) is 84.1 Å². The first-order valence-corrected chi connectivity index (χ1v) is 13.4. The number of rotatable bonds is 7. The molecule has 188 valence electrons. The molecular weight excluding hydrogens is 448 g/mol. The van der Waals surface area contributed by atoms with Crippen molar-refractivity contribution in [3.8, 4) is 0 Å². The molecule has 36 heavy (non-hydrogen) atoms. The fraction of sp³-hybridized carbons (Fsp3) is 0.448. The molecule has 0 aromatic heterocycles. The zero-order valence-corrected chi connectivity index (χ0v) is 21.1. The van der Waals surface area contributed by atoms with Gasteiger partial charge in [-0.1, -0.05) is 60.7 Å². The minimum atomic E-state index is 0.169. The first-order chi connectivity index (χ1) is 17.7. The number of nitrogens with zero attached hydrogens (tertiary/aromatic N) is 6. The summed E-state index contributed by atoms with van der Waals surface area (Å²) < 4.78 is 0. The van der Waals surface area contributed by atoms with Gasteiger partial charge in [-0.15, -0.1) is 0 Å². The molecule has 0 saturated carbocycles. The van der Waals surface area contributed by atoms with Crippen molar-refractivity contribution in [3.63, 3.8) is 0 Å². The molecule has 2 aromatic rings. The monoisotopic (exact) mass is 484 g/mol. The van der Waals surface area contributed by atoms with Gasteiger partial charge in [0.05, 0.1) is 12.1 Å². The average Bonchev–Trinajstić information content (AvgIpc) is 3.41. The van der Waals surface area contributed by atoms with E-state index in [1.807, 2.05) is 4.90 Å². The van der Waals surface area contributed by atoms with Crippen LogP contribution in [0.2, 0.25) is 0 Å². The van der Waals surface area contributed by atoms with Crippen molar-refractivity contribution in [2.24, 2.45) is 4.99 Å². The van der Waals surface area contributed by atoms with Gasteiger partial charge >= 0.3 is 0 Å². The minimum absolute atomic E-state index is 0.169. The molecule has 0 unspecified atom stereocenters. The Hall–Kier alpha value is -3.00. The number of hydrogen-bond donors (Lipinski definition) is 0. The van der Waals surface area contributed by atoms with Gasteiger partial charge in [-0.25, -0.2) is 0 Å². The lowest BCUT2D eigenvalue weighted by atomic mass is 10.0. The van der Waals surface area contributed by atoms with Crippen LogP contribution in [0.15, 0.2) is 76.9 Å². The first kappa shape index (κ1) is 23.4. The summed E-state index contributed by atoms with van der Waals surface area (Å²) in [7, 11) is 0. The zero-order chi connectivity index (χ0) is 24.3. The molecule has 2 aromatic carbocycles. The number of hydrogen-bond acceptors (Lipinski definition) is 6. The standard InChI is InChI=1S/C29H36N6O/c36-28-26-23-33(22-25-9-5-2-6-10-25)13-11-27(26)34-14-12-30-29(34)35(28)20-19-31-15-17-32(18-16-31)21-24-7-3-1-4-8-24/h1-10H,11-23H2. The fourth-order valence-corrected chi connectivity index (χ4v) is 5.91. The normalized spacial score (nSPS) is 21.6. The van der Waals surface area contributed by atoms with Crippen molar-refractivity contribution < 1.29 is 4.79 Å². The van der Waals surface area contributed by atoms with E-state index < -0.39 is 0 Å². The highest BCUT2D eigenvalue weighted by molar-refractivity contribution is 6.09. The van der Waals surface area contributed by atoms with E-state index >= 15 is 0 Å².